The van der Waals surface area contributed by atoms with Crippen molar-refractivity contribution in [3.05, 3.63) is 65.0 Å². The molecular formula is C14H16N2. The third kappa shape index (κ3) is 2.12. The standard InChI is InChI=1S/C14H16N2/c1-10-4-3-5-12(8-10)14(15)13-6-7-16-9-11(13)2/h3-9,14H,15H2,1-2H3. The Morgan fingerprint density at radius 3 is 2.69 bits per heavy atom. The number of benzene rings is 1. The topological polar surface area (TPSA) is 38.9 Å². The SMILES string of the molecule is Cc1cccc(C(N)c2ccncc2C)c1. The van der Waals surface area contributed by atoms with Gasteiger partial charge < -0.3 is 5.73 Å². The summed E-state index contributed by atoms with van der Waals surface area (Å²) in [5, 5.41) is 0. The summed E-state index contributed by atoms with van der Waals surface area (Å²) in [6.07, 6.45) is 3.64. The van der Waals surface area contributed by atoms with Gasteiger partial charge in [-0.25, -0.2) is 0 Å². The van der Waals surface area contributed by atoms with Crippen LogP contribution in [0.4, 0.5) is 0 Å². The molecule has 0 saturated carbocycles. The van der Waals surface area contributed by atoms with Gasteiger partial charge in [0.05, 0.1) is 6.04 Å². The first-order valence-electron chi connectivity index (χ1n) is 5.41. The van der Waals surface area contributed by atoms with E-state index >= 15 is 0 Å². The minimum Gasteiger partial charge on any atom is -0.320 e. The first kappa shape index (κ1) is 10.8. The van der Waals surface area contributed by atoms with Crippen LogP contribution in [0.3, 0.4) is 0 Å². The number of hydrogen-bond donors (Lipinski definition) is 1. The number of nitrogens with two attached hydrogens (primary N) is 1. The van der Waals surface area contributed by atoms with Crippen molar-refractivity contribution in [3.8, 4) is 0 Å². The van der Waals surface area contributed by atoms with Gasteiger partial charge in [-0.15, -0.1) is 0 Å². The van der Waals surface area contributed by atoms with E-state index in [-0.39, 0.29) is 6.04 Å². The number of nitrogens with zero attached hydrogens (tertiary/aromatic N) is 1. The second-order valence-corrected chi connectivity index (χ2v) is 4.12. The van der Waals surface area contributed by atoms with E-state index in [9.17, 15) is 0 Å². The average molecular weight is 212 g/mol. The summed E-state index contributed by atoms with van der Waals surface area (Å²) in [5.41, 5.74) is 10.9. The van der Waals surface area contributed by atoms with Crippen molar-refractivity contribution < 1.29 is 0 Å². The number of pyridine rings is 1. The molecule has 1 heterocycles. The summed E-state index contributed by atoms with van der Waals surface area (Å²) >= 11 is 0. The van der Waals surface area contributed by atoms with Gasteiger partial charge in [-0.1, -0.05) is 29.8 Å². The molecule has 2 heteroatoms. The average Bonchev–Trinajstić information content (AvgIpc) is 2.29. The lowest BCUT2D eigenvalue weighted by Gasteiger charge is -2.15. The van der Waals surface area contributed by atoms with Crippen molar-refractivity contribution in [2.24, 2.45) is 5.73 Å². The third-order valence-corrected chi connectivity index (χ3v) is 2.80. The number of aryl methyl sites for hydroxylation is 2. The molecule has 0 aliphatic heterocycles. The number of aromatic nitrogens is 1. The molecule has 0 aliphatic rings. The van der Waals surface area contributed by atoms with Crippen LogP contribution in [0.25, 0.3) is 0 Å². The summed E-state index contributed by atoms with van der Waals surface area (Å²) in [7, 11) is 0. The highest BCUT2D eigenvalue weighted by Gasteiger charge is 2.10. The van der Waals surface area contributed by atoms with Crippen molar-refractivity contribution in [2.45, 2.75) is 19.9 Å². The van der Waals surface area contributed by atoms with Crippen LogP contribution in [0.1, 0.15) is 28.3 Å². The lowest BCUT2D eigenvalue weighted by Crippen LogP contribution is -2.13. The van der Waals surface area contributed by atoms with Gasteiger partial charge in [-0.05, 0) is 36.6 Å². The molecule has 0 bridgehead atoms. The van der Waals surface area contributed by atoms with E-state index < -0.39 is 0 Å². The van der Waals surface area contributed by atoms with Gasteiger partial charge in [0.25, 0.3) is 0 Å². The van der Waals surface area contributed by atoms with Gasteiger partial charge in [0.1, 0.15) is 0 Å². The fourth-order valence-corrected chi connectivity index (χ4v) is 1.88. The van der Waals surface area contributed by atoms with Crippen LogP contribution in [0, 0.1) is 13.8 Å². The molecule has 1 atom stereocenters. The molecule has 16 heavy (non-hydrogen) atoms. The predicted molar refractivity (Wildman–Crippen MR) is 66.2 cm³/mol. The fourth-order valence-electron chi connectivity index (χ4n) is 1.88. The zero-order chi connectivity index (χ0) is 11.5. The Hall–Kier alpha value is -1.67. The molecule has 2 aromatic rings. The van der Waals surface area contributed by atoms with Gasteiger partial charge in [0.15, 0.2) is 0 Å². The van der Waals surface area contributed by atoms with Crippen molar-refractivity contribution in [2.75, 3.05) is 0 Å². The fraction of sp³-hybridized carbons (Fsp3) is 0.214. The summed E-state index contributed by atoms with van der Waals surface area (Å²) in [6.45, 7) is 4.12. The Bertz CT molecular complexity index is 492. The highest BCUT2D eigenvalue weighted by Crippen LogP contribution is 2.22. The lowest BCUT2D eigenvalue weighted by atomic mass is 9.96. The van der Waals surface area contributed by atoms with Crippen molar-refractivity contribution in [1.29, 1.82) is 0 Å². The smallest absolute Gasteiger partial charge is 0.0555 e. The van der Waals surface area contributed by atoms with E-state index in [1.807, 2.05) is 25.3 Å². The highest BCUT2D eigenvalue weighted by molar-refractivity contribution is 5.36. The van der Waals surface area contributed by atoms with Crippen molar-refractivity contribution in [3.63, 3.8) is 0 Å². The molecule has 1 aromatic heterocycles. The lowest BCUT2D eigenvalue weighted by molar-refractivity contribution is 0.855. The Balaban J connectivity index is 2.39. The van der Waals surface area contributed by atoms with E-state index in [1.54, 1.807) is 6.20 Å². The van der Waals surface area contributed by atoms with Crippen LogP contribution in [0.5, 0.6) is 0 Å². The molecular weight excluding hydrogens is 196 g/mol. The molecule has 2 rings (SSSR count). The van der Waals surface area contributed by atoms with E-state index in [4.69, 9.17) is 5.73 Å². The maximum atomic E-state index is 6.26. The van der Waals surface area contributed by atoms with Crippen LogP contribution in [-0.2, 0) is 0 Å². The summed E-state index contributed by atoms with van der Waals surface area (Å²) in [5.74, 6) is 0. The van der Waals surface area contributed by atoms with Gasteiger partial charge in [-0.3, -0.25) is 4.98 Å². The van der Waals surface area contributed by atoms with Gasteiger partial charge in [-0.2, -0.15) is 0 Å². The van der Waals surface area contributed by atoms with Gasteiger partial charge >= 0.3 is 0 Å². The molecule has 0 fully saturated rings. The Kier molecular flexibility index (Phi) is 3.02. The summed E-state index contributed by atoms with van der Waals surface area (Å²) in [4.78, 5) is 4.08. The van der Waals surface area contributed by atoms with E-state index in [2.05, 4.69) is 30.1 Å². The molecule has 0 radical (unpaired) electrons. The van der Waals surface area contributed by atoms with E-state index in [0.717, 1.165) is 16.7 Å². The molecule has 0 amide bonds. The third-order valence-electron chi connectivity index (χ3n) is 2.80. The normalized spacial score (nSPS) is 12.4. The molecule has 82 valence electrons. The van der Waals surface area contributed by atoms with Gasteiger partial charge in [0, 0.05) is 12.4 Å². The largest absolute Gasteiger partial charge is 0.320 e. The second-order valence-electron chi connectivity index (χ2n) is 4.12. The molecule has 1 unspecified atom stereocenters. The van der Waals surface area contributed by atoms with E-state index in [1.165, 1.54) is 5.56 Å². The number of hydrogen-bond acceptors (Lipinski definition) is 2. The molecule has 2 nitrogen and oxygen atoms in total. The van der Waals surface area contributed by atoms with E-state index in [0.29, 0.717) is 0 Å². The molecule has 0 saturated heterocycles. The second kappa shape index (κ2) is 4.45. The van der Waals surface area contributed by atoms with Crippen LogP contribution < -0.4 is 5.73 Å². The molecule has 2 N–H and O–H groups in total. The maximum absolute atomic E-state index is 6.26. The predicted octanol–water partition coefficient (Wildman–Crippen LogP) is 2.75. The van der Waals surface area contributed by atoms with Crippen LogP contribution in [0.2, 0.25) is 0 Å². The first-order valence-corrected chi connectivity index (χ1v) is 5.41. The van der Waals surface area contributed by atoms with Crippen molar-refractivity contribution in [1.82, 2.24) is 4.98 Å². The summed E-state index contributed by atoms with van der Waals surface area (Å²) < 4.78 is 0. The Morgan fingerprint density at radius 1 is 1.19 bits per heavy atom. The maximum Gasteiger partial charge on any atom is 0.0555 e. The van der Waals surface area contributed by atoms with Crippen LogP contribution in [0.15, 0.2) is 42.7 Å². The van der Waals surface area contributed by atoms with Crippen LogP contribution >= 0.6 is 0 Å². The zero-order valence-corrected chi connectivity index (χ0v) is 9.64. The molecule has 1 aromatic carbocycles. The van der Waals surface area contributed by atoms with Crippen molar-refractivity contribution >= 4 is 0 Å². The zero-order valence-electron chi connectivity index (χ0n) is 9.64. The Labute approximate surface area is 96.1 Å². The molecule has 0 spiro atoms. The first-order chi connectivity index (χ1) is 7.68. The minimum absolute atomic E-state index is 0.0668. The summed E-state index contributed by atoms with van der Waals surface area (Å²) in [6, 6.07) is 10.2. The Morgan fingerprint density at radius 2 is 2.00 bits per heavy atom. The number of rotatable bonds is 2. The highest BCUT2D eigenvalue weighted by atomic mass is 14.7. The van der Waals surface area contributed by atoms with Gasteiger partial charge in [0.2, 0.25) is 0 Å². The quantitative estimate of drug-likeness (QED) is 0.831. The van der Waals surface area contributed by atoms with Crippen LogP contribution in [-0.4, -0.2) is 4.98 Å². The minimum atomic E-state index is -0.0668. The molecule has 0 aliphatic carbocycles. The monoisotopic (exact) mass is 212 g/mol.